The molecule has 8 nitrogen and oxygen atoms in total. The maximum Gasteiger partial charge on any atom is 0.214 e. The number of benzene rings is 2. The third-order valence-electron chi connectivity index (χ3n) is 4.98. The van der Waals surface area contributed by atoms with Crippen molar-refractivity contribution in [2.24, 2.45) is 0 Å². The first-order chi connectivity index (χ1) is 15.2. The predicted molar refractivity (Wildman–Crippen MR) is 119 cm³/mol. The Kier molecular flexibility index (Phi) is 5.17. The second-order valence-electron chi connectivity index (χ2n) is 7.33. The Morgan fingerprint density at radius 3 is 2.68 bits per heavy atom. The molecule has 0 spiro atoms. The molecule has 154 valence electrons. The highest BCUT2D eigenvalue weighted by atomic mass is 32.2. The van der Waals surface area contributed by atoms with Crippen molar-refractivity contribution in [3.8, 4) is 5.69 Å². The van der Waals surface area contributed by atoms with Gasteiger partial charge in [0.25, 0.3) is 0 Å². The fourth-order valence-corrected chi connectivity index (χ4v) is 4.14. The van der Waals surface area contributed by atoms with E-state index in [2.05, 4.69) is 57.0 Å². The minimum Gasteiger partial charge on any atom is -0.253 e. The highest BCUT2D eigenvalue weighted by Gasteiger charge is 2.11. The summed E-state index contributed by atoms with van der Waals surface area (Å²) in [6, 6.07) is 18.3. The van der Waals surface area contributed by atoms with Gasteiger partial charge in [0.15, 0.2) is 0 Å². The summed E-state index contributed by atoms with van der Waals surface area (Å²) >= 11 is 1.53. The number of para-hydroxylation sites is 1. The minimum atomic E-state index is 0.626. The third-order valence-corrected chi connectivity index (χ3v) is 5.93. The molecule has 3 heterocycles. The molecule has 0 aliphatic rings. The van der Waals surface area contributed by atoms with Crippen LogP contribution in [0.4, 0.5) is 0 Å². The number of hydrogen-bond donors (Lipinski definition) is 0. The van der Waals surface area contributed by atoms with Gasteiger partial charge in [-0.1, -0.05) is 47.3 Å². The van der Waals surface area contributed by atoms with E-state index >= 15 is 0 Å². The fraction of sp³-hybridized carbons (Fsp3) is 0.182. The molecule has 0 unspecified atom stereocenters. The molecule has 3 aromatic heterocycles. The number of rotatable bonds is 6. The highest BCUT2D eigenvalue weighted by Crippen LogP contribution is 2.22. The maximum atomic E-state index is 4.76. The number of nitrogens with zero attached hydrogens (tertiary/aromatic N) is 8. The Hall–Kier alpha value is -3.59. The van der Waals surface area contributed by atoms with Crippen LogP contribution < -0.4 is 0 Å². The summed E-state index contributed by atoms with van der Waals surface area (Å²) in [4.78, 5) is 4.76. The van der Waals surface area contributed by atoms with Gasteiger partial charge in [-0.05, 0) is 59.7 Å². The van der Waals surface area contributed by atoms with Crippen molar-refractivity contribution in [3.05, 3.63) is 83.3 Å². The summed E-state index contributed by atoms with van der Waals surface area (Å²) in [6.07, 6.45) is 1.96. The smallest absolute Gasteiger partial charge is 0.214 e. The molecule has 0 radical (unpaired) electrons. The van der Waals surface area contributed by atoms with Crippen LogP contribution in [0, 0.1) is 13.8 Å². The standard InChI is InChI=1S/C22H20N8S/c1-15-8-9-17-11-18(16(2)23-21(17)10-15)12-29-13-19(24-27-29)14-31-22-25-26-28-30(22)20-6-4-3-5-7-20/h3-11,13H,12,14H2,1-2H3. The zero-order valence-corrected chi connectivity index (χ0v) is 18.0. The molecule has 5 rings (SSSR count). The van der Waals surface area contributed by atoms with Gasteiger partial charge in [0.05, 0.1) is 23.4 Å². The third kappa shape index (κ3) is 4.17. The second-order valence-corrected chi connectivity index (χ2v) is 8.28. The molecule has 0 amide bonds. The zero-order valence-electron chi connectivity index (χ0n) is 17.2. The van der Waals surface area contributed by atoms with Crippen LogP contribution in [-0.2, 0) is 12.3 Å². The first-order valence-corrected chi connectivity index (χ1v) is 10.9. The number of tetrazole rings is 1. The summed E-state index contributed by atoms with van der Waals surface area (Å²) in [5.41, 5.74) is 6.17. The molecule has 0 fully saturated rings. The van der Waals surface area contributed by atoms with Crippen molar-refractivity contribution in [2.45, 2.75) is 31.3 Å². The van der Waals surface area contributed by atoms with Crippen molar-refractivity contribution in [3.63, 3.8) is 0 Å². The lowest BCUT2D eigenvalue weighted by atomic mass is 10.1. The van der Waals surface area contributed by atoms with Crippen LogP contribution >= 0.6 is 11.8 Å². The van der Waals surface area contributed by atoms with Crippen LogP contribution in [-0.4, -0.2) is 40.2 Å². The van der Waals surface area contributed by atoms with E-state index in [-0.39, 0.29) is 0 Å². The van der Waals surface area contributed by atoms with Gasteiger partial charge in [-0.2, -0.15) is 4.68 Å². The van der Waals surface area contributed by atoms with Crippen LogP contribution in [0.3, 0.4) is 0 Å². The van der Waals surface area contributed by atoms with Gasteiger partial charge in [0, 0.05) is 23.0 Å². The number of hydrogen-bond acceptors (Lipinski definition) is 7. The topological polar surface area (TPSA) is 87.2 Å². The van der Waals surface area contributed by atoms with Gasteiger partial charge in [0.1, 0.15) is 0 Å². The van der Waals surface area contributed by atoms with Crippen LogP contribution in [0.25, 0.3) is 16.6 Å². The van der Waals surface area contributed by atoms with Gasteiger partial charge in [-0.3, -0.25) is 4.98 Å². The monoisotopic (exact) mass is 428 g/mol. The van der Waals surface area contributed by atoms with Crippen molar-refractivity contribution >= 4 is 22.7 Å². The molecule has 9 heteroatoms. The van der Waals surface area contributed by atoms with Gasteiger partial charge >= 0.3 is 0 Å². The van der Waals surface area contributed by atoms with Crippen LogP contribution in [0.5, 0.6) is 0 Å². The Labute approximate surface area is 183 Å². The molecule has 0 aliphatic heterocycles. The first-order valence-electron chi connectivity index (χ1n) is 9.88. The molecule has 0 atom stereocenters. The van der Waals surface area contributed by atoms with Crippen molar-refractivity contribution < 1.29 is 0 Å². The Bertz CT molecular complexity index is 1340. The molecule has 2 aromatic carbocycles. The summed E-state index contributed by atoms with van der Waals surface area (Å²) in [6.45, 7) is 4.74. The number of aryl methyl sites for hydroxylation is 2. The van der Waals surface area contributed by atoms with E-state index in [0.717, 1.165) is 33.5 Å². The van der Waals surface area contributed by atoms with Crippen molar-refractivity contribution in [2.75, 3.05) is 0 Å². The van der Waals surface area contributed by atoms with Crippen molar-refractivity contribution in [1.29, 1.82) is 0 Å². The Morgan fingerprint density at radius 2 is 1.81 bits per heavy atom. The maximum absolute atomic E-state index is 4.76. The number of aromatic nitrogens is 8. The second kappa shape index (κ2) is 8.27. The number of pyridine rings is 1. The van der Waals surface area contributed by atoms with E-state index in [1.54, 1.807) is 4.68 Å². The van der Waals surface area contributed by atoms with Gasteiger partial charge in [-0.15, -0.1) is 10.2 Å². The fourth-order valence-electron chi connectivity index (χ4n) is 3.37. The summed E-state index contributed by atoms with van der Waals surface area (Å²) in [5, 5.41) is 22.5. The van der Waals surface area contributed by atoms with Crippen LogP contribution in [0.2, 0.25) is 0 Å². The summed E-state index contributed by atoms with van der Waals surface area (Å²) in [7, 11) is 0. The molecule has 0 saturated heterocycles. The van der Waals surface area contributed by atoms with E-state index in [0.29, 0.717) is 17.5 Å². The Balaban J connectivity index is 1.29. The molecule has 0 aliphatic carbocycles. The quantitative estimate of drug-likeness (QED) is 0.381. The summed E-state index contributed by atoms with van der Waals surface area (Å²) < 4.78 is 3.57. The molecule has 5 aromatic rings. The zero-order chi connectivity index (χ0) is 21.2. The SMILES string of the molecule is Cc1ccc2cc(Cn3cc(CSc4nnnn4-c4ccccc4)nn3)c(C)nc2c1. The van der Waals surface area contributed by atoms with E-state index in [1.807, 2.05) is 48.1 Å². The van der Waals surface area contributed by atoms with E-state index in [4.69, 9.17) is 4.98 Å². The van der Waals surface area contributed by atoms with Gasteiger partial charge in [0.2, 0.25) is 5.16 Å². The lowest BCUT2D eigenvalue weighted by Crippen LogP contribution is -2.04. The molecular formula is C22H20N8S. The van der Waals surface area contributed by atoms with Crippen LogP contribution in [0.15, 0.2) is 66.0 Å². The normalized spacial score (nSPS) is 11.3. The highest BCUT2D eigenvalue weighted by molar-refractivity contribution is 7.98. The van der Waals surface area contributed by atoms with E-state index in [9.17, 15) is 0 Å². The van der Waals surface area contributed by atoms with Gasteiger partial charge < -0.3 is 0 Å². The largest absolute Gasteiger partial charge is 0.253 e. The summed E-state index contributed by atoms with van der Waals surface area (Å²) in [5.74, 6) is 0.626. The molecule has 0 saturated carbocycles. The number of thioether (sulfide) groups is 1. The van der Waals surface area contributed by atoms with Crippen LogP contribution in [0.1, 0.15) is 22.5 Å². The molecule has 31 heavy (non-hydrogen) atoms. The van der Waals surface area contributed by atoms with Gasteiger partial charge in [-0.25, -0.2) is 4.68 Å². The van der Waals surface area contributed by atoms with E-state index in [1.165, 1.54) is 17.3 Å². The lowest BCUT2D eigenvalue weighted by Gasteiger charge is -2.08. The average Bonchev–Trinajstić information content (AvgIpc) is 3.43. The predicted octanol–water partition coefficient (Wildman–Crippen LogP) is 3.76. The minimum absolute atomic E-state index is 0.626. The first kappa shape index (κ1) is 19.4. The van der Waals surface area contributed by atoms with Crippen molar-refractivity contribution in [1.82, 2.24) is 40.2 Å². The average molecular weight is 429 g/mol. The molecule has 0 N–H and O–H groups in total. The lowest BCUT2D eigenvalue weighted by molar-refractivity contribution is 0.646. The molecular weight excluding hydrogens is 408 g/mol. The Morgan fingerprint density at radius 1 is 0.935 bits per heavy atom. The number of fused-ring (bicyclic) bond motifs is 1. The van der Waals surface area contributed by atoms with E-state index < -0.39 is 0 Å². The molecule has 0 bridgehead atoms.